The standard InChI is InChI=1S/C8H14.C7H12.C4H6/c1-5-7(3)8(4)6-2;1-5-7(4)6(2)3;1-3-4-2/h3-6H2,1-2H3;2,4-5H2,1,3H3;3-4H,1-2H2. The smallest absolute Gasteiger partial charge is 0.0311 e. The highest BCUT2D eigenvalue weighted by atomic mass is 14.0. The summed E-state index contributed by atoms with van der Waals surface area (Å²) >= 11 is 0. The molecule has 0 radical (unpaired) electrons. The SMILES string of the molecule is C=C(C)C(=C)CC.C=C(CC)C(=C)CC.C=CC=C. The van der Waals surface area contributed by atoms with Gasteiger partial charge in [0.15, 0.2) is 0 Å². The first kappa shape index (κ1) is 22.6. The first-order valence-corrected chi connectivity index (χ1v) is 6.75. The fraction of sp³-hybridized carbons (Fsp3) is 0.368. The Kier molecular flexibility index (Phi) is 19.6. The van der Waals surface area contributed by atoms with Crippen LogP contribution < -0.4 is 0 Å². The van der Waals surface area contributed by atoms with E-state index < -0.39 is 0 Å². The lowest BCUT2D eigenvalue weighted by Gasteiger charge is -2.00. The number of rotatable bonds is 6. The highest BCUT2D eigenvalue weighted by molar-refractivity contribution is 5.23. The number of hydrogen-bond acceptors (Lipinski definition) is 0. The Hall–Kier alpha value is -1.56. The molecule has 0 aliphatic carbocycles. The lowest BCUT2D eigenvalue weighted by molar-refractivity contribution is 1.04. The minimum absolute atomic E-state index is 1.02. The molecule has 0 atom stereocenters. The zero-order chi connectivity index (χ0) is 15.8. The summed E-state index contributed by atoms with van der Waals surface area (Å²) in [4.78, 5) is 0. The third kappa shape index (κ3) is 19.0. The van der Waals surface area contributed by atoms with Gasteiger partial charge in [-0.1, -0.05) is 94.7 Å². The quantitative estimate of drug-likeness (QED) is 0.460. The second-order valence-electron chi connectivity index (χ2n) is 4.12. The van der Waals surface area contributed by atoms with Crippen molar-refractivity contribution < 1.29 is 0 Å². The molecule has 19 heavy (non-hydrogen) atoms. The van der Waals surface area contributed by atoms with Crippen molar-refractivity contribution in [3.63, 3.8) is 0 Å². The molecule has 0 unspecified atom stereocenters. The maximum atomic E-state index is 3.84. The van der Waals surface area contributed by atoms with Crippen LogP contribution in [0.1, 0.15) is 47.0 Å². The average Bonchev–Trinajstić information content (AvgIpc) is 2.45. The molecule has 0 aromatic carbocycles. The molecule has 0 aliphatic rings. The highest BCUT2D eigenvalue weighted by Crippen LogP contribution is 2.11. The summed E-state index contributed by atoms with van der Waals surface area (Å²) in [6.45, 7) is 30.2. The van der Waals surface area contributed by atoms with Gasteiger partial charge in [0.25, 0.3) is 0 Å². The second-order valence-corrected chi connectivity index (χ2v) is 4.12. The molecule has 0 bridgehead atoms. The van der Waals surface area contributed by atoms with Gasteiger partial charge in [-0.3, -0.25) is 0 Å². The minimum Gasteiger partial charge on any atom is -0.0991 e. The van der Waals surface area contributed by atoms with E-state index >= 15 is 0 Å². The van der Waals surface area contributed by atoms with Crippen LogP contribution in [0.5, 0.6) is 0 Å². The van der Waals surface area contributed by atoms with Gasteiger partial charge in [-0.05, 0) is 26.2 Å². The van der Waals surface area contributed by atoms with Crippen molar-refractivity contribution in [3.8, 4) is 0 Å². The fourth-order valence-corrected chi connectivity index (χ4v) is 0.802. The second kappa shape index (κ2) is 16.4. The zero-order valence-corrected chi connectivity index (χ0v) is 13.5. The van der Waals surface area contributed by atoms with E-state index in [-0.39, 0.29) is 0 Å². The van der Waals surface area contributed by atoms with Crippen molar-refractivity contribution >= 4 is 0 Å². The third-order valence-electron chi connectivity index (χ3n) is 2.55. The summed E-state index contributed by atoms with van der Waals surface area (Å²) < 4.78 is 0. The van der Waals surface area contributed by atoms with Crippen LogP contribution in [0, 0.1) is 0 Å². The van der Waals surface area contributed by atoms with E-state index in [4.69, 9.17) is 0 Å². The van der Waals surface area contributed by atoms with E-state index in [0.29, 0.717) is 0 Å². The van der Waals surface area contributed by atoms with Gasteiger partial charge >= 0.3 is 0 Å². The number of allylic oxidation sites excluding steroid dienone is 6. The molecule has 0 rings (SSSR count). The summed E-state index contributed by atoms with van der Waals surface area (Å²) in [5.41, 5.74) is 4.63. The van der Waals surface area contributed by atoms with E-state index in [1.165, 1.54) is 11.1 Å². The molecular weight excluding hydrogens is 228 g/mol. The van der Waals surface area contributed by atoms with Gasteiger partial charge in [-0.2, -0.15) is 0 Å². The van der Waals surface area contributed by atoms with Crippen LogP contribution in [0.2, 0.25) is 0 Å². The summed E-state index contributed by atoms with van der Waals surface area (Å²) in [7, 11) is 0. The molecule has 0 heteroatoms. The van der Waals surface area contributed by atoms with Crippen molar-refractivity contribution in [1.29, 1.82) is 0 Å². The van der Waals surface area contributed by atoms with Crippen LogP contribution in [0.4, 0.5) is 0 Å². The van der Waals surface area contributed by atoms with Crippen molar-refractivity contribution in [1.82, 2.24) is 0 Å². The lowest BCUT2D eigenvalue weighted by Crippen LogP contribution is -1.80. The van der Waals surface area contributed by atoms with Gasteiger partial charge in [-0.15, -0.1) is 0 Å². The van der Waals surface area contributed by atoms with Gasteiger partial charge in [-0.25, -0.2) is 0 Å². The topological polar surface area (TPSA) is 0 Å². The van der Waals surface area contributed by atoms with Crippen LogP contribution >= 0.6 is 0 Å². The average molecular weight is 260 g/mol. The van der Waals surface area contributed by atoms with Crippen molar-refractivity contribution in [2.24, 2.45) is 0 Å². The zero-order valence-electron chi connectivity index (χ0n) is 13.5. The molecule has 108 valence electrons. The van der Waals surface area contributed by atoms with Gasteiger partial charge < -0.3 is 0 Å². The van der Waals surface area contributed by atoms with E-state index in [2.05, 4.69) is 60.2 Å². The number of hydrogen-bond donors (Lipinski definition) is 0. The first-order valence-electron chi connectivity index (χ1n) is 6.75. The van der Waals surface area contributed by atoms with Crippen LogP contribution in [0.25, 0.3) is 0 Å². The molecule has 0 aliphatic heterocycles. The van der Waals surface area contributed by atoms with Crippen LogP contribution in [0.15, 0.2) is 73.9 Å². The first-order chi connectivity index (χ1) is 8.81. The van der Waals surface area contributed by atoms with Crippen molar-refractivity contribution in [2.75, 3.05) is 0 Å². The van der Waals surface area contributed by atoms with Gasteiger partial charge in [0.2, 0.25) is 0 Å². The Morgan fingerprint density at radius 2 is 0.947 bits per heavy atom. The largest absolute Gasteiger partial charge is 0.0991 e. The van der Waals surface area contributed by atoms with E-state index in [1.54, 1.807) is 12.2 Å². The van der Waals surface area contributed by atoms with Gasteiger partial charge in [0, 0.05) is 0 Å². The Labute approximate surface area is 121 Å². The van der Waals surface area contributed by atoms with Crippen molar-refractivity contribution in [2.45, 2.75) is 47.0 Å². The molecular formula is C19H32. The Morgan fingerprint density at radius 1 is 0.684 bits per heavy atom. The fourth-order valence-electron chi connectivity index (χ4n) is 0.802. The van der Waals surface area contributed by atoms with Crippen LogP contribution in [-0.4, -0.2) is 0 Å². The molecule has 0 saturated carbocycles. The van der Waals surface area contributed by atoms with Crippen molar-refractivity contribution in [3.05, 3.63) is 73.9 Å². The predicted octanol–water partition coefficient (Wildman–Crippen LogP) is 6.81. The highest BCUT2D eigenvalue weighted by Gasteiger charge is 1.91. The lowest BCUT2D eigenvalue weighted by atomic mass is 10.1. The van der Waals surface area contributed by atoms with Crippen LogP contribution in [-0.2, 0) is 0 Å². The van der Waals surface area contributed by atoms with E-state index in [9.17, 15) is 0 Å². The molecule has 0 saturated heterocycles. The molecule has 0 N–H and O–H groups in total. The third-order valence-corrected chi connectivity index (χ3v) is 2.55. The Bertz CT molecular complexity index is 293. The summed E-state index contributed by atoms with van der Waals surface area (Å²) in [5, 5.41) is 0. The molecule has 0 heterocycles. The van der Waals surface area contributed by atoms with Crippen LogP contribution in [0.3, 0.4) is 0 Å². The Balaban J connectivity index is -0.000000214. The molecule has 0 aromatic rings. The van der Waals surface area contributed by atoms with Gasteiger partial charge in [0.05, 0.1) is 0 Å². The Morgan fingerprint density at radius 3 is 1.00 bits per heavy atom. The minimum atomic E-state index is 1.02. The maximum absolute atomic E-state index is 3.84. The predicted molar refractivity (Wildman–Crippen MR) is 93.5 cm³/mol. The molecule has 0 aromatic heterocycles. The normalized spacial score (nSPS) is 7.79. The molecule has 0 spiro atoms. The van der Waals surface area contributed by atoms with E-state index in [0.717, 1.165) is 30.4 Å². The van der Waals surface area contributed by atoms with E-state index in [1.807, 2.05) is 6.92 Å². The van der Waals surface area contributed by atoms with Gasteiger partial charge in [0.1, 0.15) is 0 Å². The summed E-state index contributed by atoms with van der Waals surface area (Å²) in [6.07, 6.45) is 6.37. The molecule has 0 amide bonds. The summed E-state index contributed by atoms with van der Waals surface area (Å²) in [6, 6.07) is 0. The molecule has 0 nitrogen and oxygen atoms in total. The molecule has 0 fully saturated rings. The maximum Gasteiger partial charge on any atom is -0.0311 e. The summed E-state index contributed by atoms with van der Waals surface area (Å²) in [5.74, 6) is 0. The monoisotopic (exact) mass is 260 g/mol.